The van der Waals surface area contributed by atoms with Gasteiger partial charge in [-0.1, -0.05) is 18.2 Å². The molecule has 23 nitrogen and oxygen atoms in total. The monoisotopic (exact) mass is 1240 g/mol. The Morgan fingerprint density at radius 1 is 0.489 bits per heavy atom. The van der Waals surface area contributed by atoms with Crippen LogP contribution in [-0.2, 0) is 14.2 Å². The number of hydrogen-bond donors (Lipinski definition) is 7. The van der Waals surface area contributed by atoms with Crippen LogP contribution in [0.5, 0.6) is 0 Å². The fourth-order valence-electron chi connectivity index (χ4n) is 10.7. The predicted octanol–water partition coefficient (Wildman–Crippen LogP) is 9.57. The second-order valence-electron chi connectivity index (χ2n) is 23.8. The fraction of sp³-hybridized carbons (Fsp3) is 0.333. The minimum Gasteiger partial charge on any atom is -0.387 e. The van der Waals surface area contributed by atoms with Gasteiger partial charge in [0.15, 0.2) is 0 Å². The lowest BCUT2D eigenvalue weighted by molar-refractivity contribution is 0.0478. The molecule has 23 heteroatoms. The second-order valence-corrected chi connectivity index (χ2v) is 23.8. The summed E-state index contributed by atoms with van der Waals surface area (Å²) in [5, 5.41) is 34.9. The Hall–Kier alpha value is -10.1. The average molecular weight is 1240 g/mol. The third kappa shape index (κ3) is 15.9. The summed E-state index contributed by atoms with van der Waals surface area (Å²) in [6.07, 6.45) is 28.8. The first kappa shape index (κ1) is 62.1. The molecular weight excluding hydrogens is 1160 g/mol. The standard InChI is InChI=1S/C25H29N5O3.C24H26N6O3.C20H21N5O/c1-3-33-24-15-32-14-23(24)28-20-9-21(12-26-11-20)30-13-18(10-27-30)22-8-17(5-4-16(22)2)25(31)29-19-6-7-19;1-15-2-3-16(23(31)27-18-4-5-18)8-22(15)17-10-26-30(13-17)21-9-20(11-25-12-21)29-24(32)28-19-6-7-33-14-19;1-13-3-4-14(20(26)24-16-5-6-16)7-19(13)15-9-23-25(12-15)18-8-17(21-2)10-22-11-18/h4-5,8-13,19,23-24,28H,3,6-7,14-15H2,1-2H3,(H,29,31);2-3,8-13,18-19H,4-7,14H2,1H3,(H,27,31)(H2,28,29,32);3-4,7-12,16,21H,5-6H2,1-2H3,(H,24,26)/t23-,24-;;/m0../s1. The second kappa shape index (κ2) is 28.4. The van der Waals surface area contributed by atoms with Crippen molar-refractivity contribution in [3.05, 3.63) is 181 Å². The first-order valence-electron chi connectivity index (χ1n) is 31.3. The smallest absolute Gasteiger partial charge is 0.319 e. The van der Waals surface area contributed by atoms with E-state index in [0.717, 1.165) is 118 Å². The van der Waals surface area contributed by atoms with Crippen LogP contribution < -0.4 is 37.2 Å². The zero-order valence-corrected chi connectivity index (χ0v) is 52.2. The summed E-state index contributed by atoms with van der Waals surface area (Å²) in [6, 6.07) is 23.9. The van der Waals surface area contributed by atoms with Crippen LogP contribution in [0.1, 0.15) is 99.6 Å². The summed E-state index contributed by atoms with van der Waals surface area (Å²) >= 11 is 0. The number of aryl methyl sites for hydroxylation is 3. The molecule has 7 N–H and O–H groups in total. The van der Waals surface area contributed by atoms with E-state index in [4.69, 9.17) is 14.2 Å². The number of pyridine rings is 3. The van der Waals surface area contributed by atoms with Gasteiger partial charge in [-0.2, -0.15) is 15.3 Å². The van der Waals surface area contributed by atoms with Crippen LogP contribution in [0.2, 0.25) is 0 Å². The number of urea groups is 1. The normalized spacial score (nSPS) is 17.3. The molecule has 8 heterocycles. The van der Waals surface area contributed by atoms with E-state index in [1.165, 1.54) is 0 Å². The van der Waals surface area contributed by atoms with Crippen molar-refractivity contribution in [2.75, 3.05) is 56.0 Å². The highest BCUT2D eigenvalue weighted by atomic mass is 16.5. The van der Waals surface area contributed by atoms with Crippen LogP contribution in [-0.4, -0.2) is 144 Å². The van der Waals surface area contributed by atoms with E-state index < -0.39 is 0 Å². The van der Waals surface area contributed by atoms with Crippen molar-refractivity contribution in [2.24, 2.45) is 0 Å². The maximum atomic E-state index is 12.5. The lowest BCUT2D eigenvalue weighted by Gasteiger charge is -2.20. The molecule has 5 amide bonds. The molecule has 474 valence electrons. The van der Waals surface area contributed by atoms with Crippen molar-refractivity contribution in [2.45, 2.75) is 109 Å². The van der Waals surface area contributed by atoms with E-state index in [9.17, 15) is 19.2 Å². The third-order valence-electron chi connectivity index (χ3n) is 16.5. The number of amides is 5. The minimum absolute atomic E-state index is 0.00735. The Morgan fingerprint density at radius 2 is 0.924 bits per heavy atom. The van der Waals surface area contributed by atoms with Crippen LogP contribution in [0.15, 0.2) is 147 Å². The summed E-state index contributed by atoms with van der Waals surface area (Å²) in [4.78, 5) is 62.4. The summed E-state index contributed by atoms with van der Waals surface area (Å²) in [7, 11) is 1.86. The van der Waals surface area contributed by atoms with Crippen molar-refractivity contribution in [3.63, 3.8) is 0 Å². The predicted molar refractivity (Wildman–Crippen MR) is 351 cm³/mol. The zero-order valence-electron chi connectivity index (χ0n) is 52.2. The number of rotatable bonds is 19. The van der Waals surface area contributed by atoms with Crippen LogP contribution in [0.25, 0.3) is 50.4 Å². The highest BCUT2D eigenvalue weighted by Gasteiger charge is 2.30. The average Bonchev–Trinajstić information content (AvgIpc) is 2.04. The van der Waals surface area contributed by atoms with Gasteiger partial charge < -0.3 is 51.4 Å². The molecule has 6 aromatic heterocycles. The number of nitrogens with zero attached hydrogens (tertiary/aromatic N) is 9. The largest absolute Gasteiger partial charge is 0.387 e. The molecular formula is C69H76N16O7. The Morgan fingerprint density at radius 3 is 1.35 bits per heavy atom. The maximum Gasteiger partial charge on any atom is 0.319 e. The molecule has 5 aliphatic rings. The van der Waals surface area contributed by atoms with Gasteiger partial charge in [0.25, 0.3) is 17.7 Å². The van der Waals surface area contributed by atoms with Crippen molar-refractivity contribution >= 4 is 40.8 Å². The molecule has 3 atom stereocenters. The van der Waals surface area contributed by atoms with Gasteiger partial charge in [0.05, 0.1) is 122 Å². The molecule has 0 spiro atoms. The molecule has 0 radical (unpaired) electrons. The van der Waals surface area contributed by atoms with E-state index in [1.54, 1.807) is 63.5 Å². The molecule has 9 aromatic rings. The molecule has 3 aromatic carbocycles. The quantitative estimate of drug-likeness (QED) is 0.0397. The Bertz CT molecular complexity index is 4110. The van der Waals surface area contributed by atoms with Crippen molar-refractivity contribution in [1.29, 1.82) is 0 Å². The van der Waals surface area contributed by atoms with E-state index in [2.05, 4.69) is 67.5 Å². The third-order valence-corrected chi connectivity index (χ3v) is 16.5. The molecule has 92 heavy (non-hydrogen) atoms. The number of hydrogen-bond acceptors (Lipinski definition) is 15. The summed E-state index contributed by atoms with van der Waals surface area (Å²) in [5.41, 5.74) is 15.8. The molecule has 0 bridgehead atoms. The molecule has 14 rings (SSSR count). The van der Waals surface area contributed by atoms with Gasteiger partial charge in [0.1, 0.15) is 6.10 Å². The van der Waals surface area contributed by atoms with E-state index in [-0.39, 0.29) is 41.9 Å². The molecule has 3 saturated carbocycles. The molecule has 5 fully saturated rings. The lowest BCUT2D eigenvalue weighted by Crippen LogP contribution is -2.38. The van der Waals surface area contributed by atoms with E-state index in [0.29, 0.717) is 79.2 Å². The number of anilines is 3. The van der Waals surface area contributed by atoms with Gasteiger partial charge in [-0.3, -0.25) is 29.3 Å². The van der Waals surface area contributed by atoms with Gasteiger partial charge in [-0.15, -0.1) is 0 Å². The summed E-state index contributed by atoms with van der Waals surface area (Å²) in [6.45, 7) is 11.1. The van der Waals surface area contributed by atoms with Gasteiger partial charge in [-0.05, 0) is 161 Å². The highest BCUT2D eigenvalue weighted by Crippen LogP contribution is 2.31. The van der Waals surface area contributed by atoms with Crippen molar-refractivity contribution in [1.82, 2.24) is 65.6 Å². The Labute approximate surface area is 533 Å². The van der Waals surface area contributed by atoms with Crippen molar-refractivity contribution in [3.8, 4) is 50.4 Å². The molecule has 2 saturated heterocycles. The van der Waals surface area contributed by atoms with Gasteiger partial charge in [0, 0.05) is 90.4 Å². The zero-order chi connectivity index (χ0) is 63.7. The first-order chi connectivity index (χ1) is 44.8. The number of nitrogens with one attached hydrogen (secondary N) is 7. The molecule has 2 aliphatic heterocycles. The highest BCUT2D eigenvalue weighted by molar-refractivity contribution is 5.98. The van der Waals surface area contributed by atoms with Gasteiger partial charge >= 0.3 is 6.03 Å². The van der Waals surface area contributed by atoms with Gasteiger partial charge in [-0.25, -0.2) is 18.8 Å². The summed E-state index contributed by atoms with van der Waals surface area (Å²) in [5.74, 6) is -0.0704. The first-order valence-corrected chi connectivity index (χ1v) is 31.3. The van der Waals surface area contributed by atoms with Crippen LogP contribution >= 0.6 is 0 Å². The van der Waals surface area contributed by atoms with Crippen LogP contribution in [0.4, 0.5) is 21.9 Å². The number of benzene rings is 3. The fourth-order valence-corrected chi connectivity index (χ4v) is 10.7. The molecule has 3 aliphatic carbocycles. The number of carbonyl (C=O) groups excluding carboxylic acids is 4. The number of ether oxygens (including phenoxy) is 3. The lowest BCUT2D eigenvalue weighted by atomic mass is 10.0. The Kier molecular flexibility index (Phi) is 19.2. The van der Waals surface area contributed by atoms with Crippen molar-refractivity contribution < 1.29 is 33.4 Å². The Balaban J connectivity index is 0.000000134. The SMILES string of the molecule is CCO[C@H]1COC[C@@H]1Nc1cncc(-n2cc(-c3cc(C(=O)NC4CC4)ccc3C)cn2)c1.CNc1cncc(-n2cc(-c3cc(C(=O)NC4CC4)ccc3C)cn2)c1.Cc1ccc(C(=O)NC2CC2)cc1-c1cnn(-c2cncc(NC(=O)NC3CCOC3)c2)c1. The van der Waals surface area contributed by atoms with E-state index in [1.807, 2.05) is 132 Å². The number of aromatic nitrogens is 9. The van der Waals surface area contributed by atoms with E-state index >= 15 is 0 Å². The molecule has 1 unspecified atom stereocenters. The topological polar surface area (TPSA) is 272 Å². The summed E-state index contributed by atoms with van der Waals surface area (Å²) < 4.78 is 21.9. The van der Waals surface area contributed by atoms with Gasteiger partial charge in [0.2, 0.25) is 0 Å². The van der Waals surface area contributed by atoms with Crippen LogP contribution in [0.3, 0.4) is 0 Å². The van der Waals surface area contributed by atoms with Crippen LogP contribution in [0, 0.1) is 20.8 Å². The number of carbonyl (C=O) groups is 4. The maximum absolute atomic E-state index is 12.5. The minimum atomic E-state index is -0.289.